The number of hydrogen-bond donors (Lipinski definition) is 2. The van der Waals surface area contributed by atoms with Gasteiger partial charge < -0.3 is 11.1 Å². The number of carbonyl (C=O) groups is 2. The van der Waals surface area contributed by atoms with E-state index in [1.165, 1.54) is 35.7 Å². The minimum atomic E-state index is -0.836. The molecular formula is C25H27FN2O2. The van der Waals surface area contributed by atoms with Gasteiger partial charge in [0.05, 0.1) is 11.0 Å². The van der Waals surface area contributed by atoms with E-state index in [0.717, 1.165) is 32.1 Å². The van der Waals surface area contributed by atoms with E-state index in [1.54, 1.807) is 0 Å². The number of hydrogen-bond acceptors (Lipinski definition) is 2. The van der Waals surface area contributed by atoms with Crippen molar-refractivity contribution in [2.24, 2.45) is 23.0 Å². The zero-order valence-electron chi connectivity index (χ0n) is 17.2. The standard InChI is InChI=1S/C25H27FN2O2/c1-15-2-4-18(5-3-15)24-10-16-8-17(11-24)13-25(12-16,14-24)23(30)28-19-6-7-21(26)20(9-19)22(27)29/h2-7,9,16-17H,8,10-14H2,1H3,(H2,27,29)(H,28,30). The quantitative estimate of drug-likeness (QED) is 0.772. The van der Waals surface area contributed by atoms with Gasteiger partial charge in [0, 0.05) is 5.69 Å². The summed E-state index contributed by atoms with van der Waals surface area (Å²) in [5, 5.41) is 2.99. The van der Waals surface area contributed by atoms with E-state index < -0.39 is 17.1 Å². The number of halogens is 1. The molecular weight excluding hydrogens is 379 g/mol. The van der Waals surface area contributed by atoms with Crippen LogP contribution in [-0.2, 0) is 10.2 Å². The van der Waals surface area contributed by atoms with Gasteiger partial charge in [-0.3, -0.25) is 9.59 Å². The Bertz CT molecular complexity index is 1020. The van der Waals surface area contributed by atoms with E-state index in [0.29, 0.717) is 17.5 Å². The van der Waals surface area contributed by atoms with E-state index in [2.05, 4.69) is 36.5 Å². The predicted octanol–water partition coefficient (Wildman–Crippen LogP) is 4.71. The van der Waals surface area contributed by atoms with E-state index >= 15 is 0 Å². The molecule has 2 aromatic rings. The molecule has 2 atom stereocenters. The molecule has 0 radical (unpaired) electrons. The summed E-state index contributed by atoms with van der Waals surface area (Å²) in [7, 11) is 0. The highest BCUT2D eigenvalue weighted by Crippen LogP contribution is 2.66. The first-order valence-electron chi connectivity index (χ1n) is 10.8. The molecule has 4 fully saturated rings. The zero-order chi connectivity index (χ0) is 21.1. The van der Waals surface area contributed by atoms with Crippen LogP contribution < -0.4 is 11.1 Å². The van der Waals surface area contributed by atoms with Crippen LogP contribution in [-0.4, -0.2) is 11.8 Å². The Kier molecular flexibility index (Phi) is 4.28. The topological polar surface area (TPSA) is 72.2 Å². The lowest BCUT2D eigenvalue weighted by atomic mass is 9.42. The number of primary amides is 1. The first-order chi connectivity index (χ1) is 14.3. The molecule has 4 aliphatic rings. The summed E-state index contributed by atoms with van der Waals surface area (Å²) in [6.45, 7) is 2.10. The van der Waals surface area contributed by atoms with Crippen molar-refractivity contribution < 1.29 is 14.0 Å². The van der Waals surface area contributed by atoms with E-state index in [9.17, 15) is 14.0 Å². The summed E-state index contributed by atoms with van der Waals surface area (Å²) < 4.78 is 13.8. The number of anilines is 1. The summed E-state index contributed by atoms with van der Waals surface area (Å²) in [6.07, 6.45) is 6.20. The van der Waals surface area contributed by atoms with Gasteiger partial charge >= 0.3 is 0 Å². The fourth-order valence-corrected chi connectivity index (χ4v) is 6.83. The van der Waals surface area contributed by atoms with Crippen LogP contribution in [0.4, 0.5) is 10.1 Å². The molecule has 0 heterocycles. The van der Waals surface area contributed by atoms with Crippen LogP contribution in [0.5, 0.6) is 0 Å². The lowest BCUT2D eigenvalue weighted by Gasteiger charge is -2.61. The zero-order valence-corrected chi connectivity index (χ0v) is 17.2. The van der Waals surface area contributed by atoms with E-state index in [-0.39, 0.29) is 16.9 Å². The molecule has 6 rings (SSSR count). The molecule has 30 heavy (non-hydrogen) atoms. The van der Waals surface area contributed by atoms with Crippen LogP contribution >= 0.6 is 0 Å². The number of amides is 2. The van der Waals surface area contributed by atoms with Crippen LogP contribution in [0.15, 0.2) is 42.5 Å². The fraction of sp³-hybridized carbons (Fsp3) is 0.440. The van der Waals surface area contributed by atoms with Gasteiger partial charge in [0.15, 0.2) is 0 Å². The summed E-state index contributed by atoms with van der Waals surface area (Å²) in [6, 6.07) is 12.8. The predicted molar refractivity (Wildman–Crippen MR) is 114 cm³/mol. The maximum atomic E-state index is 13.8. The molecule has 0 aliphatic heterocycles. The van der Waals surface area contributed by atoms with Crippen molar-refractivity contribution in [3.8, 4) is 0 Å². The average molecular weight is 407 g/mol. The highest BCUT2D eigenvalue weighted by atomic mass is 19.1. The van der Waals surface area contributed by atoms with Crippen LogP contribution in [0.3, 0.4) is 0 Å². The molecule has 156 valence electrons. The Morgan fingerprint density at radius 1 is 1.03 bits per heavy atom. The number of nitrogens with one attached hydrogen (secondary N) is 1. The second-order valence-corrected chi connectivity index (χ2v) is 9.90. The van der Waals surface area contributed by atoms with Crippen molar-refractivity contribution in [1.82, 2.24) is 0 Å². The van der Waals surface area contributed by atoms with Crippen molar-refractivity contribution in [2.45, 2.75) is 50.9 Å². The molecule has 0 spiro atoms. The van der Waals surface area contributed by atoms with Crippen molar-refractivity contribution in [3.63, 3.8) is 0 Å². The van der Waals surface area contributed by atoms with Gasteiger partial charge in [-0.2, -0.15) is 0 Å². The third kappa shape index (κ3) is 3.03. The van der Waals surface area contributed by atoms with Crippen molar-refractivity contribution in [2.75, 3.05) is 5.32 Å². The molecule has 2 aromatic carbocycles. The Balaban J connectivity index is 1.45. The van der Waals surface area contributed by atoms with Gasteiger partial charge in [0.1, 0.15) is 5.82 Å². The highest BCUT2D eigenvalue weighted by molar-refractivity contribution is 5.98. The second kappa shape index (κ2) is 6.66. The van der Waals surface area contributed by atoms with E-state index in [1.807, 2.05) is 0 Å². The fourth-order valence-electron chi connectivity index (χ4n) is 6.83. The molecule has 0 saturated heterocycles. The van der Waals surface area contributed by atoms with Gasteiger partial charge in [-0.1, -0.05) is 29.8 Å². The van der Waals surface area contributed by atoms with Crippen molar-refractivity contribution >= 4 is 17.5 Å². The van der Waals surface area contributed by atoms with Crippen LogP contribution in [0, 0.1) is 30.0 Å². The maximum Gasteiger partial charge on any atom is 0.251 e. The van der Waals surface area contributed by atoms with Gasteiger partial charge in [-0.25, -0.2) is 4.39 Å². The first kappa shape index (κ1) is 19.3. The SMILES string of the molecule is Cc1ccc(C23CC4CC(CC(C(=O)Nc5ccc(F)c(C(N)=O)c5)(C4)C2)C3)cc1. The van der Waals surface area contributed by atoms with Gasteiger partial charge in [0.2, 0.25) is 5.91 Å². The molecule has 4 saturated carbocycles. The molecule has 2 unspecified atom stereocenters. The van der Waals surface area contributed by atoms with Crippen molar-refractivity contribution in [1.29, 1.82) is 0 Å². The lowest BCUT2D eigenvalue weighted by molar-refractivity contribution is -0.143. The summed E-state index contributed by atoms with van der Waals surface area (Å²) in [5.41, 5.74) is 7.75. The third-order valence-electron chi connectivity index (χ3n) is 7.70. The van der Waals surface area contributed by atoms with Crippen molar-refractivity contribution in [3.05, 3.63) is 65.0 Å². The molecule has 2 amide bonds. The molecule has 5 heteroatoms. The van der Waals surface area contributed by atoms with Crippen LogP contribution in [0.25, 0.3) is 0 Å². The Morgan fingerprint density at radius 3 is 2.33 bits per heavy atom. The molecule has 0 aromatic heterocycles. The molecule has 3 N–H and O–H groups in total. The van der Waals surface area contributed by atoms with Gasteiger partial charge in [-0.05, 0) is 86.5 Å². The van der Waals surface area contributed by atoms with Gasteiger partial charge in [-0.15, -0.1) is 0 Å². The monoisotopic (exact) mass is 406 g/mol. The normalized spacial score (nSPS) is 31.5. The van der Waals surface area contributed by atoms with Crippen LogP contribution in [0.1, 0.15) is 60.0 Å². The summed E-state index contributed by atoms with van der Waals surface area (Å²) in [4.78, 5) is 25.0. The minimum Gasteiger partial charge on any atom is -0.366 e. The Hall–Kier alpha value is -2.69. The molecule has 4 bridgehead atoms. The van der Waals surface area contributed by atoms with Crippen LogP contribution in [0.2, 0.25) is 0 Å². The number of benzene rings is 2. The smallest absolute Gasteiger partial charge is 0.251 e. The number of carbonyl (C=O) groups excluding carboxylic acids is 2. The van der Waals surface area contributed by atoms with Gasteiger partial charge in [0.25, 0.3) is 5.91 Å². The third-order valence-corrected chi connectivity index (χ3v) is 7.70. The summed E-state index contributed by atoms with van der Waals surface area (Å²) >= 11 is 0. The minimum absolute atomic E-state index is 0.00452. The Labute approximate surface area is 176 Å². The second-order valence-electron chi connectivity index (χ2n) is 9.90. The highest BCUT2D eigenvalue weighted by Gasteiger charge is 2.60. The lowest BCUT2D eigenvalue weighted by Crippen LogP contribution is -2.58. The first-order valence-corrected chi connectivity index (χ1v) is 10.8. The number of aryl methyl sites for hydroxylation is 1. The Morgan fingerprint density at radius 2 is 1.70 bits per heavy atom. The van der Waals surface area contributed by atoms with E-state index in [4.69, 9.17) is 5.73 Å². The molecule has 4 aliphatic carbocycles. The summed E-state index contributed by atoms with van der Waals surface area (Å²) in [5.74, 6) is -0.388. The number of rotatable bonds is 4. The maximum absolute atomic E-state index is 13.8. The largest absolute Gasteiger partial charge is 0.366 e. The molecule has 4 nitrogen and oxygen atoms in total. The number of nitrogens with two attached hydrogens (primary N) is 1. The average Bonchev–Trinajstić information content (AvgIpc) is 2.68.